The minimum Gasteiger partial charge on any atom is -0.444 e. The zero-order chi connectivity index (χ0) is 28.8. The van der Waals surface area contributed by atoms with Gasteiger partial charge in [-0.2, -0.15) is 4.98 Å². The molecule has 2 aliphatic rings. The molecule has 0 aliphatic carbocycles. The van der Waals surface area contributed by atoms with Crippen molar-refractivity contribution in [2.75, 3.05) is 42.5 Å². The first-order chi connectivity index (χ1) is 18.8. The van der Waals surface area contributed by atoms with Crippen LogP contribution in [0.25, 0.3) is 5.65 Å². The average molecular weight is 569 g/mol. The average Bonchev–Trinajstić information content (AvgIpc) is 3.28. The number of hydrogen-bond donors (Lipinski definition) is 1. The summed E-state index contributed by atoms with van der Waals surface area (Å²) in [4.78, 5) is 45.2. The number of piperazine rings is 1. The van der Waals surface area contributed by atoms with Crippen molar-refractivity contribution in [3.8, 4) is 0 Å². The van der Waals surface area contributed by atoms with Gasteiger partial charge >= 0.3 is 6.09 Å². The molecule has 3 aromatic heterocycles. The number of ether oxygens (including phenoxy) is 1. The Kier molecular flexibility index (Phi) is 7.28. The molecule has 11 nitrogen and oxygen atoms in total. The fraction of sp³-hybridized carbons (Fsp3) is 0.536. The number of fused-ring (bicyclic) bond motifs is 1. The molecule has 2 saturated heterocycles. The van der Waals surface area contributed by atoms with Crippen LogP contribution in [0.2, 0.25) is 5.02 Å². The topological polar surface area (TPSA) is 108 Å². The molecule has 0 unspecified atom stereocenters. The molecule has 40 heavy (non-hydrogen) atoms. The second-order valence-corrected chi connectivity index (χ2v) is 12.5. The summed E-state index contributed by atoms with van der Waals surface area (Å²) >= 11 is 6.50. The van der Waals surface area contributed by atoms with Crippen LogP contribution >= 0.6 is 11.6 Å². The Labute approximate surface area is 239 Å². The van der Waals surface area contributed by atoms with Gasteiger partial charge in [0.15, 0.2) is 5.82 Å². The van der Waals surface area contributed by atoms with Crippen molar-refractivity contribution < 1.29 is 14.3 Å². The van der Waals surface area contributed by atoms with Crippen molar-refractivity contribution in [1.29, 1.82) is 0 Å². The first-order valence-corrected chi connectivity index (χ1v) is 14.0. The highest BCUT2D eigenvalue weighted by Crippen LogP contribution is 2.32. The van der Waals surface area contributed by atoms with Crippen molar-refractivity contribution in [3.63, 3.8) is 0 Å². The van der Waals surface area contributed by atoms with Gasteiger partial charge in [-0.05, 0) is 53.7 Å². The lowest BCUT2D eigenvalue weighted by Gasteiger charge is -2.42. The number of carbonyl (C=O) groups is 2. The highest BCUT2D eigenvalue weighted by atomic mass is 35.5. The quantitative estimate of drug-likeness (QED) is 0.496. The Morgan fingerprint density at radius 1 is 1.05 bits per heavy atom. The van der Waals surface area contributed by atoms with Gasteiger partial charge in [0, 0.05) is 45.0 Å². The molecule has 0 saturated carbocycles. The lowest BCUT2D eigenvalue weighted by atomic mass is 9.95. The van der Waals surface area contributed by atoms with Gasteiger partial charge in [-0.3, -0.25) is 4.79 Å². The lowest BCUT2D eigenvalue weighted by molar-refractivity contribution is -0.127. The van der Waals surface area contributed by atoms with Crippen molar-refractivity contribution >= 4 is 41.0 Å². The zero-order valence-corrected chi connectivity index (χ0v) is 24.6. The van der Waals surface area contributed by atoms with Gasteiger partial charge in [0.2, 0.25) is 11.9 Å². The second kappa shape index (κ2) is 10.4. The van der Waals surface area contributed by atoms with Crippen molar-refractivity contribution in [2.24, 2.45) is 5.92 Å². The van der Waals surface area contributed by atoms with Crippen LogP contribution in [0.1, 0.15) is 47.2 Å². The predicted octanol–water partition coefficient (Wildman–Crippen LogP) is 3.71. The first-order valence-electron chi connectivity index (χ1n) is 13.6. The summed E-state index contributed by atoms with van der Waals surface area (Å²) in [6.07, 6.45) is 5.04. The van der Waals surface area contributed by atoms with E-state index in [0.717, 1.165) is 11.3 Å². The van der Waals surface area contributed by atoms with E-state index in [0.29, 0.717) is 49.5 Å². The lowest BCUT2D eigenvalue weighted by Crippen LogP contribution is -2.57. The number of rotatable bonds is 5. The van der Waals surface area contributed by atoms with Gasteiger partial charge in [-0.25, -0.2) is 14.8 Å². The second-order valence-electron chi connectivity index (χ2n) is 12.1. The Balaban J connectivity index is 1.21. The molecule has 214 valence electrons. The molecule has 2 amide bonds. The summed E-state index contributed by atoms with van der Waals surface area (Å²) in [5, 5.41) is 3.63. The third-order valence-corrected chi connectivity index (χ3v) is 7.56. The number of nitrogens with zero attached hydrogens (tertiary/aromatic N) is 7. The number of imidazole rings is 1. The van der Waals surface area contributed by atoms with E-state index in [1.165, 1.54) is 0 Å². The van der Waals surface area contributed by atoms with E-state index in [9.17, 15) is 9.59 Å². The summed E-state index contributed by atoms with van der Waals surface area (Å²) < 4.78 is 7.52. The fourth-order valence-electron chi connectivity index (χ4n) is 5.14. The summed E-state index contributed by atoms with van der Waals surface area (Å²) in [5.74, 6) is 0.949. The van der Waals surface area contributed by atoms with Crippen molar-refractivity contribution in [1.82, 2.24) is 29.6 Å². The van der Waals surface area contributed by atoms with Crippen LogP contribution in [0.3, 0.4) is 0 Å². The van der Waals surface area contributed by atoms with Gasteiger partial charge in [0.25, 0.3) is 0 Å². The van der Waals surface area contributed by atoms with Crippen LogP contribution < -0.4 is 15.1 Å². The first kappa shape index (κ1) is 27.9. The summed E-state index contributed by atoms with van der Waals surface area (Å²) in [5.41, 5.74) is 0.609. The number of nitrogens with one attached hydrogen (secondary N) is 1. The standard InChI is InChI=1S/C28H37ClN8O3/c1-18-15-34(26(39)40-27(2,3)4)11-12-36(18)25-31-13-20(29)23(32-25)35-16-19(17-35)24(38)33-28(5,6)21-14-30-22-9-7-8-10-37(21)22/h7-10,13-14,18-19H,11-12,15-17H2,1-6H3,(H,33,38)/t18-/m0/s1. The van der Waals surface area contributed by atoms with E-state index in [-0.39, 0.29) is 24.0 Å². The minimum absolute atomic E-state index is 0.00734. The normalized spacial score (nSPS) is 18.6. The number of carbonyl (C=O) groups excluding carboxylic acids is 2. The molecule has 5 heterocycles. The molecular formula is C28H37ClN8O3. The predicted molar refractivity (Wildman–Crippen MR) is 154 cm³/mol. The molecule has 3 aromatic rings. The maximum Gasteiger partial charge on any atom is 0.410 e. The Morgan fingerprint density at radius 3 is 2.50 bits per heavy atom. The maximum absolute atomic E-state index is 13.2. The Hall–Kier alpha value is -3.60. The molecule has 0 spiro atoms. The third-order valence-electron chi connectivity index (χ3n) is 7.29. The largest absolute Gasteiger partial charge is 0.444 e. The van der Waals surface area contributed by atoms with Gasteiger partial charge < -0.3 is 29.2 Å². The van der Waals surface area contributed by atoms with Crippen LogP contribution in [0, 0.1) is 5.92 Å². The van der Waals surface area contributed by atoms with E-state index in [1.807, 2.05) is 75.2 Å². The summed E-state index contributed by atoms with van der Waals surface area (Å²) in [6.45, 7) is 14.2. The van der Waals surface area contributed by atoms with Crippen LogP contribution in [0.4, 0.5) is 16.6 Å². The molecule has 1 N–H and O–H groups in total. The minimum atomic E-state index is -0.602. The Morgan fingerprint density at radius 2 is 1.80 bits per heavy atom. The number of pyridine rings is 1. The van der Waals surface area contributed by atoms with Crippen LogP contribution in [-0.2, 0) is 15.1 Å². The molecular weight excluding hydrogens is 532 g/mol. The number of anilines is 2. The molecule has 2 fully saturated rings. The maximum atomic E-state index is 13.2. The summed E-state index contributed by atoms with van der Waals surface area (Å²) in [7, 11) is 0. The van der Waals surface area contributed by atoms with E-state index in [2.05, 4.69) is 20.2 Å². The summed E-state index contributed by atoms with van der Waals surface area (Å²) in [6, 6.07) is 5.81. The van der Waals surface area contributed by atoms with Gasteiger partial charge in [0.05, 0.1) is 29.5 Å². The molecule has 2 aliphatic heterocycles. The van der Waals surface area contributed by atoms with Crippen molar-refractivity contribution in [3.05, 3.63) is 47.5 Å². The molecule has 1 atom stereocenters. The SMILES string of the molecule is C[C@H]1CN(C(=O)OC(C)(C)C)CCN1c1ncc(Cl)c(N2CC(C(=O)NC(C)(C)c3cnc4ccccn34)C2)n1. The van der Waals surface area contributed by atoms with E-state index < -0.39 is 11.1 Å². The highest BCUT2D eigenvalue weighted by Gasteiger charge is 2.38. The number of amides is 2. The van der Waals surface area contributed by atoms with E-state index >= 15 is 0 Å². The molecule has 5 rings (SSSR count). The Bertz CT molecular complexity index is 1410. The number of aromatic nitrogens is 4. The molecule has 0 radical (unpaired) electrons. The zero-order valence-electron chi connectivity index (χ0n) is 23.9. The van der Waals surface area contributed by atoms with E-state index in [1.54, 1.807) is 17.3 Å². The van der Waals surface area contributed by atoms with Gasteiger partial charge in [0.1, 0.15) is 16.3 Å². The monoisotopic (exact) mass is 568 g/mol. The fourth-order valence-corrected chi connectivity index (χ4v) is 5.35. The smallest absolute Gasteiger partial charge is 0.410 e. The van der Waals surface area contributed by atoms with Crippen molar-refractivity contribution in [2.45, 2.75) is 58.7 Å². The molecule has 0 aromatic carbocycles. The molecule has 0 bridgehead atoms. The molecule has 12 heteroatoms. The number of halogens is 1. The number of hydrogen-bond acceptors (Lipinski definition) is 8. The third kappa shape index (κ3) is 5.65. The van der Waals surface area contributed by atoms with Crippen LogP contribution in [0.5, 0.6) is 0 Å². The van der Waals surface area contributed by atoms with Gasteiger partial charge in [-0.15, -0.1) is 0 Å². The van der Waals surface area contributed by atoms with Crippen LogP contribution in [0.15, 0.2) is 36.8 Å². The van der Waals surface area contributed by atoms with Crippen LogP contribution in [-0.4, -0.2) is 80.6 Å². The highest BCUT2D eigenvalue weighted by molar-refractivity contribution is 6.32. The van der Waals surface area contributed by atoms with E-state index in [4.69, 9.17) is 21.3 Å². The van der Waals surface area contributed by atoms with Gasteiger partial charge in [-0.1, -0.05) is 17.7 Å².